The summed E-state index contributed by atoms with van der Waals surface area (Å²) in [6.07, 6.45) is 0. The SMILES string of the molecule is CCOC(=O)c1cc(CN2C(=O)c3ccccc3C2=O)sc1NC(=O)c1ccc(OC)cc1. The Morgan fingerprint density at radius 2 is 1.64 bits per heavy atom. The van der Waals surface area contributed by atoms with Crippen LogP contribution >= 0.6 is 11.3 Å². The van der Waals surface area contributed by atoms with Crippen LogP contribution in [0.15, 0.2) is 54.6 Å². The minimum atomic E-state index is -0.604. The van der Waals surface area contributed by atoms with E-state index in [0.717, 1.165) is 16.2 Å². The number of benzene rings is 2. The van der Waals surface area contributed by atoms with Gasteiger partial charge in [-0.15, -0.1) is 11.3 Å². The van der Waals surface area contributed by atoms with E-state index in [1.54, 1.807) is 55.5 Å². The molecule has 2 aromatic carbocycles. The number of nitrogens with one attached hydrogen (secondary N) is 1. The minimum absolute atomic E-state index is 0.0260. The van der Waals surface area contributed by atoms with Gasteiger partial charge in [0.05, 0.1) is 37.0 Å². The molecule has 3 aromatic rings. The van der Waals surface area contributed by atoms with Crippen LogP contribution in [0, 0.1) is 0 Å². The van der Waals surface area contributed by atoms with Crippen molar-refractivity contribution in [2.45, 2.75) is 13.5 Å². The molecule has 0 aliphatic carbocycles. The number of imide groups is 1. The predicted molar refractivity (Wildman–Crippen MR) is 122 cm³/mol. The van der Waals surface area contributed by atoms with Crippen molar-refractivity contribution in [3.8, 4) is 5.75 Å². The third kappa shape index (κ3) is 4.35. The number of nitrogens with zero attached hydrogens (tertiary/aromatic N) is 1. The van der Waals surface area contributed by atoms with Crippen molar-refractivity contribution in [2.75, 3.05) is 19.0 Å². The van der Waals surface area contributed by atoms with Gasteiger partial charge in [-0.1, -0.05) is 12.1 Å². The van der Waals surface area contributed by atoms with Gasteiger partial charge in [-0.05, 0) is 49.4 Å². The van der Waals surface area contributed by atoms with E-state index in [2.05, 4.69) is 5.32 Å². The minimum Gasteiger partial charge on any atom is -0.497 e. The standard InChI is InChI=1S/C24H20N2O6S/c1-3-32-24(30)19-12-16(13-26-22(28)17-6-4-5-7-18(17)23(26)29)33-21(19)25-20(27)14-8-10-15(31-2)11-9-14/h4-12H,3,13H2,1-2H3,(H,25,27). The zero-order valence-electron chi connectivity index (χ0n) is 17.9. The summed E-state index contributed by atoms with van der Waals surface area (Å²) in [5.41, 5.74) is 1.23. The molecule has 0 atom stereocenters. The number of hydrogen-bond donors (Lipinski definition) is 1. The number of thiophene rings is 1. The number of carbonyl (C=O) groups is 4. The molecule has 0 bridgehead atoms. The highest BCUT2D eigenvalue weighted by atomic mass is 32.1. The molecule has 1 aliphatic heterocycles. The maximum Gasteiger partial charge on any atom is 0.341 e. The lowest BCUT2D eigenvalue weighted by atomic mass is 10.1. The largest absolute Gasteiger partial charge is 0.497 e. The fourth-order valence-electron chi connectivity index (χ4n) is 3.43. The second-order valence-corrected chi connectivity index (χ2v) is 8.24. The van der Waals surface area contributed by atoms with E-state index in [1.807, 2.05) is 0 Å². The number of hydrogen-bond acceptors (Lipinski definition) is 7. The van der Waals surface area contributed by atoms with Crippen LogP contribution in [0.25, 0.3) is 0 Å². The first-order valence-electron chi connectivity index (χ1n) is 10.1. The Bertz CT molecular complexity index is 1210. The highest BCUT2D eigenvalue weighted by Gasteiger charge is 2.35. The van der Waals surface area contributed by atoms with Gasteiger partial charge in [-0.2, -0.15) is 0 Å². The Hall–Kier alpha value is -3.98. The number of amides is 3. The zero-order chi connectivity index (χ0) is 23.5. The van der Waals surface area contributed by atoms with Crippen LogP contribution in [-0.4, -0.2) is 42.3 Å². The number of fused-ring (bicyclic) bond motifs is 1. The maximum atomic E-state index is 12.7. The number of esters is 1. The second-order valence-electron chi connectivity index (χ2n) is 7.10. The van der Waals surface area contributed by atoms with Crippen LogP contribution < -0.4 is 10.1 Å². The zero-order valence-corrected chi connectivity index (χ0v) is 18.7. The average Bonchev–Trinajstić information content (AvgIpc) is 3.33. The smallest absolute Gasteiger partial charge is 0.341 e. The summed E-state index contributed by atoms with van der Waals surface area (Å²) in [4.78, 5) is 52.3. The summed E-state index contributed by atoms with van der Waals surface area (Å²) in [5.74, 6) is -1.21. The molecule has 0 spiro atoms. The number of rotatable bonds is 7. The number of methoxy groups -OCH3 is 1. The Morgan fingerprint density at radius 1 is 1.00 bits per heavy atom. The Kier molecular flexibility index (Phi) is 6.23. The highest BCUT2D eigenvalue weighted by molar-refractivity contribution is 7.16. The molecule has 8 nitrogen and oxygen atoms in total. The summed E-state index contributed by atoms with van der Waals surface area (Å²) >= 11 is 1.11. The molecule has 1 N–H and O–H groups in total. The predicted octanol–water partition coefficient (Wildman–Crippen LogP) is 3.98. The van der Waals surface area contributed by atoms with Crippen molar-refractivity contribution < 1.29 is 28.7 Å². The Labute approximate surface area is 193 Å². The summed E-state index contributed by atoms with van der Waals surface area (Å²) in [5, 5.41) is 3.02. The summed E-state index contributed by atoms with van der Waals surface area (Å²) in [6.45, 7) is 1.82. The molecule has 1 aliphatic rings. The lowest BCUT2D eigenvalue weighted by molar-refractivity contribution is 0.0527. The van der Waals surface area contributed by atoms with Crippen LogP contribution in [0.4, 0.5) is 5.00 Å². The molecule has 1 aromatic heterocycles. The van der Waals surface area contributed by atoms with Gasteiger partial charge in [0.15, 0.2) is 0 Å². The lowest BCUT2D eigenvalue weighted by Crippen LogP contribution is -2.28. The first-order chi connectivity index (χ1) is 15.9. The maximum absolute atomic E-state index is 12.7. The quantitative estimate of drug-likeness (QED) is 0.419. The van der Waals surface area contributed by atoms with E-state index in [0.29, 0.717) is 27.3 Å². The van der Waals surface area contributed by atoms with Gasteiger partial charge in [0.2, 0.25) is 0 Å². The molecule has 0 fully saturated rings. The van der Waals surface area contributed by atoms with E-state index in [-0.39, 0.29) is 23.7 Å². The van der Waals surface area contributed by atoms with Gasteiger partial charge in [0, 0.05) is 10.4 Å². The monoisotopic (exact) mass is 464 g/mol. The highest BCUT2D eigenvalue weighted by Crippen LogP contribution is 2.33. The molecule has 168 valence electrons. The summed E-state index contributed by atoms with van der Waals surface area (Å²) in [7, 11) is 1.53. The molecule has 33 heavy (non-hydrogen) atoms. The third-order valence-electron chi connectivity index (χ3n) is 5.05. The third-order valence-corrected chi connectivity index (χ3v) is 6.09. The van der Waals surface area contributed by atoms with Gasteiger partial charge in [0.25, 0.3) is 17.7 Å². The van der Waals surface area contributed by atoms with Gasteiger partial charge in [-0.25, -0.2) is 4.79 Å². The van der Waals surface area contributed by atoms with Crippen LogP contribution in [0.5, 0.6) is 5.75 Å². The van der Waals surface area contributed by atoms with Gasteiger partial charge in [0.1, 0.15) is 10.8 Å². The summed E-state index contributed by atoms with van der Waals surface area (Å²) < 4.78 is 10.2. The fraction of sp³-hybridized carbons (Fsp3) is 0.167. The second kappa shape index (κ2) is 9.25. The first-order valence-corrected chi connectivity index (χ1v) is 10.9. The van der Waals surface area contributed by atoms with Crippen molar-refractivity contribution in [3.63, 3.8) is 0 Å². The van der Waals surface area contributed by atoms with E-state index in [4.69, 9.17) is 9.47 Å². The van der Waals surface area contributed by atoms with Crippen LogP contribution in [0.1, 0.15) is 53.2 Å². The van der Waals surface area contributed by atoms with Crippen molar-refractivity contribution in [1.29, 1.82) is 0 Å². The van der Waals surface area contributed by atoms with E-state index in [9.17, 15) is 19.2 Å². The van der Waals surface area contributed by atoms with Gasteiger partial charge in [-0.3, -0.25) is 19.3 Å². The van der Waals surface area contributed by atoms with Gasteiger partial charge >= 0.3 is 5.97 Å². The first kappa shape index (κ1) is 22.2. The number of anilines is 1. The van der Waals surface area contributed by atoms with E-state index in [1.165, 1.54) is 13.2 Å². The molecule has 0 saturated carbocycles. The molecule has 4 rings (SSSR count). The Balaban J connectivity index is 1.59. The molecule has 0 unspecified atom stereocenters. The molecule has 0 saturated heterocycles. The van der Waals surface area contributed by atoms with Crippen LogP contribution in [0.2, 0.25) is 0 Å². The molecular weight excluding hydrogens is 444 g/mol. The fourth-order valence-corrected chi connectivity index (χ4v) is 4.46. The topological polar surface area (TPSA) is 102 Å². The summed E-state index contributed by atoms with van der Waals surface area (Å²) in [6, 6.07) is 14.7. The molecule has 2 heterocycles. The van der Waals surface area contributed by atoms with Gasteiger partial charge < -0.3 is 14.8 Å². The van der Waals surface area contributed by atoms with Crippen LogP contribution in [-0.2, 0) is 11.3 Å². The van der Waals surface area contributed by atoms with Crippen molar-refractivity contribution in [3.05, 3.63) is 81.7 Å². The van der Waals surface area contributed by atoms with E-state index < -0.39 is 23.7 Å². The van der Waals surface area contributed by atoms with E-state index >= 15 is 0 Å². The van der Waals surface area contributed by atoms with Crippen molar-refractivity contribution in [2.24, 2.45) is 0 Å². The molecule has 3 amide bonds. The Morgan fingerprint density at radius 3 is 2.21 bits per heavy atom. The molecular formula is C24H20N2O6S. The molecule has 9 heteroatoms. The molecule has 0 radical (unpaired) electrons. The van der Waals surface area contributed by atoms with Crippen LogP contribution in [0.3, 0.4) is 0 Å². The normalized spacial score (nSPS) is 12.5. The number of carbonyl (C=O) groups excluding carboxylic acids is 4. The average molecular weight is 464 g/mol. The van der Waals surface area contributed by atoms with Crippen molar-refractivity contribution in [1.82, 2.24) is 4.90 Å². The van der Waals surface area contributed by atoms with Crippen molar-refractivity contribution >= 4 is 40.0 Å². The number of ether oxygens (including phenoxy) is 2. The lowest BCUT2D eigenvalue weighted by Gasteiger charge is -2.12.